The summed E-state index contributed by atoms with van der Waals surface area (Å²) in [5, 5.41) is 6.25. The number of thioether (sulfide) groups is 1. The quantitative estimate of drug-likeness (QED) is 0.450. The number of fused-ring (bicyclic) bond motifs is 1. The van der Waals surface area contributed by atoms with Crippen molar-refractivity contribution in [1.82, 2.24) is 10.3 Å². The van der Waals surface area contributed by atoms with E-state index in [4.69, 9.17) is 14.2 Å². The molecule has 4 rings (SSSR count). The van der Waals surface area contributed by atoms with Gasteiger partial charge in [0.2, 0.25) is 12.7 Å². The molecule has 0 bridgehead atoms. The molecule has 0 spiro atoms. The highest BCUT2D eigenvalue weighted by Gasteiger charge is 2.16. The first-order chi connectivity index (χ1) is 16.5. The summed E-state index contributed by atoms with van der Waals surface area (Å²) in [6.07, 6.45) is 2.24. The number of carbonyl (C=O) groups excluding carboxylic acids is 2. The zero-order chi connectivity index (χ0) is 23.9. The number of carbonyl (C=O) groups is 2. The Bertz CT molecular complexity index is 1200. The van der Waals surface area contributed by atoms with Crippen LogP contribution in [0.3, 0.4) is 0 Å². The molecule has 2 N–H and O–H groups in total. The number of hydrogen-bond donors (Lipinski definition) is 2. The van der Waals surface area contributed by atoms with Gasteiger partial charge in [0.25, 0.3) is 5.91 Å². The largest absolute Gasteiger partial charge is 0.496 e. The van der Waals surface area contributed by atoms with Crippen LogP contribution in [-0.4, -0.2) is 43.0 Å². The Morgan fingerprint density at radius 2 is 1.97 bits per heavy atom. The molecule has 176 valence electrons. The molecule has 0 atom stereocenters. The Morgan fingerprint density at radius 1 is 1.12 bits per heavy atom. The molecular weight excluding hydrogens is 454 g/mol. The number of benzene rings is 2. The molecule has 0 radical (unpaired) electrons. The summed E-state index contributed by atoms with van der Waals surface area (Å²) >= 11 is 1.21. The van der Waals surface area contributed by atoms with Crippen LogP contribution >= 0.6 is 11.8 Å². The maximum absolute atomic E-state index is 12.8. The lowest BCUT2D eigenvalue weighted by Gasteiger charge is -2.12. The van der Waals surface area contributed by atoms with Crippen molar-refractivity contribution in [2.45, 2.75) is 18.4 Å². The van der Waals surface area contributed by atoms with E-state index in [-0.39, 0.29) is 24.4 Å². The number of pyridine rings is 1. The molecule has 1 aromatic heterocycles. The first-order valence-corrected chi connectivity index (χ1v) is 11.7. The summed E-state index contributed by atoms with van der Waals surface area (Å²) in [5.74, 6) is 1.69. The second kappa shape index (κ2) is 10.9. The molecule has 0 fully saturated rings. The molecular formula is C25H25N3O5S. The summed E-state index contributed by atoms with van der Waals surface area (Å²) in [4.78, 5) is 29.5. The van der Waals surface area contributed by atoms with Crippen LogP contribution in [0, 0.1) is 6.92 Å². The SMILES string of the molecule is COc1ccc(C)cc1CCNC(=O)c1cccnc1SCC(=O)Nc1ccc2c(c1)OCO2. The van der Waals surface area contributed by atoms with Crippen molar-refractivity contribution in [2.75, 3.05) is 31.5 Å². The maximum Gasteiger partial charge on any atom is 0.254 e. The number of amides is 2. The molecule has 1 aliphatic heterocycles. The standard InChI is InChI=1S/C25H25N3O5S/c1-16-5-7-20(31-2)17(12-16)9-11-26-24(30)19-4-3-10-27-25(19)34-14-23(29)28-18-6-8-21-22(13-18)33-15-32-21/h3-8,10,12-13H,9,11,14-15H2,1-2H3,(H,26,30)(H,28,29). The predicted molar refractivity (Wildman–Crippen MR) is 130 cm³/mol. The van der Waals surface area contributed by atoms with Gasteiger partial charge < -0.3 is 24.8 Å². The van der Waals surface area contributed by atoms with E-state index in [1.54, 1.807) is 43.6 Å². The fraction of sp³-hybridized carbons (Fsp3) is 0.240. The Morgan fingerprint density at radius 3 is 2.82 bits per heavy atom. The summed E-state index contributed by atoms with van der Waals surface area (Å²) in [6.45, 7) is 2.64. The molecule has 0 aliphatic carbocycles. The lowest BCUT2D eigenvalue weighted by Crippen LogP contribution is -2.26. The van der Waals surface area contributed by atoms with Crippen molar-refractivity contribution in [3.63, 3.8) is 0 Å². The molecule has 9 heteroatoms. The molecule has 2 aromatic carbocycles. The molecule has 34 heavy (non-hydrogen) atoms. The zero-order valence-electron chi connectivity index (χ0n) is 18.9. The lowest BCUT2D eigenvalue weighted by atomic mass is 10.1. The van der Waals surface area contributed by atoms with Crippen molar-refractivity contribution >= 4 is 29.3 Å². The molecule has 8 nitrogen and oxygen atoms in total. The number of aryl methyl sites for hydroxylation is 1. The van der Waals surface area contributed by atoms with E-state index in [0.29, 0.717) is 40.7 Å². The number of rotatable bonds is 9. The van der Waals surface area contributed by atoms with Crippen molar-refractivity contribution in [3.05, 3.63) is 71.4 Å². The van der Waals surface area contributed by atoms with Gasteiger partial charge in [-0.3, -0.25) is 9.59 Å². The first kappa shape index (κ1) is 23.4. The van der Waals surface area contributed by atoms with Crippen LogP contribution in [0.2, 0.25) is 0 Å². The van der Waals surface area contributed by atoms with E-state index in [1.165, 1.54) is 11.8 Å². The Kier molecular flexibility index (Phi) is 7.54. The lowest BCUT2D eigenvalue weighted by molar-refractivity contribution is -0.113. The van der Waals surface area contributed by atoms with Gasteiger partial charge in [0.15, 0.2) is 11.5 Å². The summed E-state index contributed by atoms with van der Waals surface area (Å²) in [6, 6.07) is 14.6. The monoisotopic (exact) mass is 479 g/mol. The van der Waals surface area contributed by atoms with E-state index >= 15 is 0 Å². The first-order valence-electron chi connectivity index (χ1n) is 10.7. The minimum Gasteiger partial charge on any atom is -0.496 e. The molecule has 2 amide bonds. The van der Waals surface area contributed by atoms with Gasteiger partial charge in [0, 0.05) is 24.5 Å². The third-order valence-corrected chi connectivity index (χ3v) is 6.13. The van der Waals surface area contributed by atoms with Crippen LogP contribution < -0.4 is 24.8 Å². The number of ether oxygens (including phenoxy) is 3. The van der Waals surface area contributed by atoms with Crippen molar-refractivity contribution in [3.8, 4) is 17.2 Å². The molecule has 3 aromatic rings. The van der Waals surface area contributed by atoms with Gasteiger partial charge in [-0.05, 0) is 49.2 Å². The number of aromatic nitrogens is 1. The number of nitrogens with zero attached hydrogens (tertiary/aromatic N) is 1. The van der Waals surface area contributed by atoms with E-state index in [0.717, 1.165) is 16.9 Å². The third-order valence-electron chi connectivity index (χ3n) is 5.13. The van der Waals surface area contributed by atoms with Gasteiger partial charge in [0.05, 0.1) is 18.4 Å². The van der Waals surface area contributed by atoms with Crippen molar-refractivity contribution < 1.29 is 23.8 Å². The van der Waals surface area contributed by atoms with Gasteiger partial charge in [0.1, 0.15) is 10.8 Å². The van der Waals surface area contributed by atoms with E-state index in [9.17, 15) is 9.59 Å². The predicted octanol–water partition coefficient (Wildman–Crippen LogP) is 3.83. The van der Waals surface area contributed by atoms with Crippen molar-refractivity contribution in [2.24, 2.45) is 0 Å². The Labute approximate surface area is 202 Å². The van der Waals surface area contributed by atoms with Crippen LogP contribution in [0.5, 0.6) is 17.2 Å². The van der Waals surface area contributed by atoms with Gasteiger partial charge >= 0.3 is 0 Å². The van der Waals surface area contributed by atoms with E-state index in [1.807, 2.05) is 19.1 Å². The Hall–Kier alpha value is -3.72. The van der Waals surface area contributed by atoms with E-state index in [2.05, 4.69) is 21.7 Å². The number of hydrogen-bond acceptors (Lipinski definition) is 7. The van der Waals surface area contributed by atoms with Crippen LogP contribution in [-0.2, 0) is 11.2 Å². The molecule has 0 unspecified atom stereocenters. The van der Waals surface area contributed by atoms with Crippen molar-refractivity contribution in [1.29, 1.82) is 0 Å². The van der Waals surface area contributed by atoms with Gasteiger partial charge in [-0.25, -0.2) is 4.98 Å². The van der Waals surface area contributed by atoms with E-state index < -0.39 is 0 Å². The van der Waals surface area contributed by atoms with Crippen LogP contribution in [0.4, 0.5) is 5.69 Å². The third kappa shape index (κ3) is 5.79. The molecule has 0 saturated heterocycles. The van der Waals surface area contributed by atoms with Crippen LogP contribution in [0.15, 0.2) is 59.8 Å². The number of nitrogens with one attached hydrogen (secondary N) is 2. The number of methoxy groups -OCH3 is 1. The second-order valence-electron chi connectivity index (χ2n) is 7.58. The fourth-order valence-corrected chi connectivity index (χ4v) is 4.28. The average molecular weight is 480 g/mol. The van der Waals surface area contributed by atoms with Crippen LogP contribution in [0.25, 0.3) is 0 Å². The summed E-state index contributed by atoms with van der Waals surface area (Å²) < 4.78 is 16.0. The topological polar surface area (TPSA) is 98.8 Å². The molecule has 1 aliphatic rings. The van der Waals surface area contributed by atoms with Crippen LogP contribution in [0.1, 0.15) is 21.5 Å². The maximum atomic E-state index is 12.8. The molecule has 0 saturated carbocycles. The fourth-order valence-electron chi connectivity index (χ4n) is 3.49. The van der Waals surface area contributed by atoms with Gasteiger partial charge in [-0.1, -0.05) is 29.5 Å². The Balaban J connectivity index is 1.32. The highest BCUT2D eigenvalue weighted by atomic mass is 32.2. The minimum atomic E-state index is -0.238. The summed E-state index contributed by atoms with van der Waals surface area (Å²) in [7, 11) is 1.63. The highest BCUT2D eigenvalue weighted by molar-refractivity contribution is 8.00. The zero-order valence-corrected chi connectivity index (χ0v) is 19.7. The number of anilines is 1. The normalized spacial score (nSPS) is 11.7. The smallest absolute Gasteiger partial charge is 0.254 e. The average Bonchev–Trinajstić information content (AvgIpc) is 3.31. The van der Waals surface area contributed by atoms with Gasteiger partial charge in [-0.15, -0.1) is 0 Å². The van der Waals surface area contributed by atoms with Gasteiger partial charge in [-0.2, -0.15) is 0 Å². The molecule has 2 heterocycles. The second-order valence-corrected chi connectivity index (χ2v) is 8.55. The minimum absolute atomic E-state index is 0.103. The summed E-state index contributed by atoms with van der Waals surface area (Å²) in [5.41, 5.74) is 3.20. The highest BCUT2D eigenvalue weighted by Crippen LogP contribution is 2.34.